The van der Waals surface area contributed by atoms with E-state index in [2.05, 4.69) is 5.32 Å². The van der Waals surface area contributed by atoms with Crippen molar-refractivity contribution in [2.24, 2.45) is 11.7 Å². The molecule has 0 aliphatic heterocycles. The molecule has 0 fully saturated rings. The second kappa shape index (κ2) is 5.92. The Morgan fingerprint density at radius 1 is 1.38 bits per heavy atom. The summed E-state index contributed by atoms with van der Waals surface area (Å²) in [6, 6.07) is 3.31. The summed E-state index contributed by atoms with van der Waals surface area (Å²) in [5, 5.41) is 2.99. The SMILES string of the molecule is CNC(CC(C)CN)c1cc(F)ccc1F. The molecular formula is C12H18F2N2. The molecule has 1 aromatic rings. The quantitative estimate of drug-likeness (QED) is 0.811. The van der Waals surface area contributed by atoms with Gasteiger partial charge in [-0.2, -0.15) is 0 Å². The predicted octanol–water partition coefficient (Wildman–Crippen LogP) is 2.21. The van der Waals surface area contributed by atoms with Crippen molar-refractivity contribution < 1.29 is 8.78 Å². The molecule has 2 unspecified atom stereocenters. The second-order valence-electron chi connectivity index (χ2n) is 4.08. The van der Waals surface area contributed by atoms with Crippen LogP contribution < -0.4 is 11.1 Å². The first kappa shape index (κ1) is 13.1. The molecule has 90 valence electrons. The van der Waals surface area contributed by atoms with Crippen molar-refractivity contribution >= 4 is 0 Å². The van der Waals surface area contributed by atoms with Gasteiger partial charge in [-0.15, -0.1) is 0 Å². The normalized spacial score (nSPS) is 14.8. The Kier molecular flexibility index (Phi) is 4.83. The van der Waals surface area contributed by atoms with Gasteiger partial charge in [0.1, 0.15) is 11.6 Å². The summed E-state index contributed by atoms with van der Waals surface area (Å²) in [4.78, 5) is 0. The largest absolute Gasteiger partial charge is 0.330 e. The summed E-state index contributed by atoms with van der Waals surface area (Å²) in [6.45, 7) is 2.52. The van der Waals surface area contributed by atoms with Crippen LogP contribution >= 0.6 is 0 Å². The first-order valence-corrected chi connectivity index (χ1v) is 5.40. The fourth-order valence-corrected chi connectivity index (χ4v) is 1.68. The maximum atomic E-state index is 13.5. The molecule has 0 aromatic heterocycles. The molecule has 4 heteroatoms. The van der Waals surface area contributed by atoms with Gasteiger partial charge in [-0.25, -0.2) is 8.78 Å². The number of benzene rings is 1. The van der Waals surface area contributed by atoms with Crippen LogP contribution in [0.3, 0.4) is 0 Å². The number of hydrogen-bond acceptors (Lipinski definition) is 2. The molecule has 16 heavy (non-hydrogen) atoms. The zero-order chi connectivity index (χ0) is 12.1. The van der Waals surface area contributed by atoms with E-state index in [-0.39, 0.29) is 17.8 Å². The minimum absolute atomic E-state index is 0.200. The van der Waals surface area contributed by atoms with E-state index in [0.29, 0.717) is 18.5 Å². The van der Waals surface area contributed by atoms with Crippen LogP contribution in [0.25, 0.3) is 0 Å². The van der Waals surface area contributed by atoms with E-state index >= 15 is 0 Å². The highest BCUT2D eigenvalue weighted by atomic mass is 19.1. The van der Waals surface area contributed by atoms with Crippen LogP contribution in [0.15, 0.2) is 18.2 Å². The van der Waals surface area contributed by atoms with Crippen LogP contribution in [0.5, 0.6) is 0 Å². The lowest BCUT2D eigenvalue weighted by molar-refractivity contribution is 0.422. The molecular weight excluding hydrogens is 210 g/mol. The Bertz CT molecular complexity index is 342. The van der Waals surface area contributed by atoms with Crippen molar-refractivity contribution in [1.29, 1.82) is 0 Å². The number of rotatable bonds is 5. The van der Waals surface area contributed by atoms with E-state index in [0.717, 1.165) is 12.1 Å². The van der Waals surface area contributed by atoms with Gasteiger partial charge in [0.2, 0.25) is 0 Å². The third-order valence-electron chi connectivity index (χ3n) is 2.72. The number of hydrogen-bond donors (Lipinski definition) is 2. The van der Waals surface area contributed by atoms with Gasteiger partial charge in [-0.05, 0) is 44.1 Å². The first-order chi connectivity index (χ1) is 7.58. The van der Waals surface area contributed by atoms with E-state index in [1.54, 1.807) is 7.05 Å². The molecule has 0 spiro atoms. The van der Waals surface area contributed by atoms with Gasteiger partial charge in [-0.1, -0.05) is 6.92 Å². The van der Waals surface area contributed by atoms with Crippen LogP contribution in [0, 0.1) is 17.6 Å². The third-order valence-corrected chi connectivity index (χ3v) is 2.72. The van der Waals surface area contributed by atoms with Crippen molar-refractivity contribution in [2.75, 3.05) is 13.6 Å². The average molecular weight is 228 g/mol. The number of halogens is 2. The summed E-state index contributed by atoms with van der Waals surface area (Å²) in [6.07, 6.45) is 0.688. The van der Waals surface area contributed by atoms with Gasteiger partial charge < -0.3 is 11.1 Å². The standard InChI is InChI=1S/C12H18F2N2/c1-8(7-15)5-12(16-2)10-6-9(13)3-4-11(10)14/h3-4,6,8,12,16H,5,7,15H2,1-2H3. The Hall–Kier alpha value is -1.00. The molecule has 0 bridgehead atoms. The van der Waals surface area contributed by atoms with Crippen molar-refractivity contribution in [2.45, 2.75) is 19.4 Å². The lowest BCUT2D eigenvalue weighted by Crippen LogP contribution is -2.23. The van der Waals surface area contributed by atoms with Crippen molar-refractivity contribution in [1.82, 2.24) is 5.32 Å². The minimum atomic E-state index is -0.419. The third kappa shape index (κ3) is 3.25. The monoisotopic (exact) mass is 228 g/mol. The molecule has 0 aliphatic carbocycles. The molecule has 0 saturated heterocycles. The van der Waals surface area contributed by atoms with E-state index in [9.17, 15) is 8.78 Å². The van der Waals surface area contributed by atoms with Gasteiger partial charge in [0.25, 0.3) is 0 Å². The zero-order valence-electron chi connectivity index (χ0n) is 9.63. The van der Waals surface area contributed by atoms with Crippen LogP contribution in [-0.4, -0.2) is 13.6 Å². The Labute approximate surface area is 94.8 Å². The number of nitrogens with one attached hydrogen (secondary N) is 1. The Balaban J connectivity index is 2.89. The van der Waals surface area contributed by atoms with E-state index < -0.39 is 5.82 Å². The van der Waals surface area contributed by atoms with Crippen LogP contribution in [0.1, 0.15) is 24.9 Å². The van der Waals surface area contributed by atoms with Crippen LogP contribution in [-0.2, 0) is 0 Å². The summed E-state index contributed by atoms with van der Waals surface area (Å²) >= 11 is 0. The summed E-state index contributed by atoms with van der Waals surface area (Å²) < 4.78 is 26.6. The van der Waals surface area contributed by atoms with E-state index in [4.69, 9.17) is 5.73 Å². The summed E-state index contributed by atoms with van der Waals surface area (Å²) in [5.41, 5.74) is 5.89. The van der Waals surface area contributed by atoms with Crippen LogP contribution in [0.2, 0.25) is 0 Å². The van der Waals surface area contributed by atoms with Crippen molar-refractivity contribution in [3.8, 4) is 0 Å². The molecule has 0 radical (unpaired) electrons. The smallest absolute Gasteiger partial charge is 0.128 e. The average Bonchev–Trinajstić information content (AvgIpc) is 2.29. The molecule has 0 aliphatic rings. The molecule has 3 N–H and O–H groups in total. The minimum Gasteiger partial charge on any atom is -0.330 e. The maximum Gasteiger partial charge on any atom is 0.128 e. The van der Waals surface area contributed by atoms with Gasteiger partial charge in [-0.3, -0.25) is 0 Å². The first-order valence-electron chi connectivity index (χ1n) is 5.40. The second-order valence-corrected chi connectivity index (χ2v) is 4.08. The topological polar surface area (TPSA) is 38.0 Å². The van der Waals surface area contributed by atoms with Gasteiger partial charge in [0.15, 0.2) is 0 Å². The molecule has 2 nitrogen and oxygen atoms in total. The highest BCUT2D eigenvalue weighted by molar-refractivity contribution is 5.22. The van der Waals surface area contributed by atoms with Gasteiger partial charge in [0, 0.05) is 11.6 Å². The molecule has 0 amide bonds. The highest BCUT2D eigenvalue weighted by Gasteiger charge is 2.17. The molecule has 0 heterocycles. The molecule has 0 saturated carbocycles. The van der Waals surface area contributed by atoms with Crippen LogP contribution in [0.4, 0.5) is 8.78 Å². The lowest BCUT2D eigenvalue weighted by Gasteiger charge is -2.20. The Morgan fingerprint density at radius 2 is 2.06 bits per heavy atom. The number of nitrogens with two attached hydrogens (primary N) is 1. The molecule has 1 aromatic carbocycles. The van der Waals surface area contributed by atoms with Crippen molar-refractivity contribution in [3.63, 3.8) is 0 Å². The van der Waals surface area contributed by atoms with E-state index in [1.165, 1.54) is 6.07 Å². The van der Waals surface area contributed by atoms with Gasteiger partial charge in [0.05, 0.1) is 0 Å². The predicted molar refractivity (Wildman–Crippen MR) is 61.0 cm³/mol. The van der Waals surface area contributed by atoms with E-state index in [1.807, 2.05) is 6.92 Å². The fourth-order valence-electron chi connectivity index (χ4n) is 1.68. The fraction of sp³-hybridized carbons (Fsp3) is 0.500. The lowest BCUT2D eigenvalue weighted by atomic mass is 9.95. The van der Waals surface area contributed by atoms with Crippen molar-refractivity contribution in [3.05, 3.63) is 35.4 Å². The Morgan fingerprint density at radius 3 is 2.62 bits per heavy atom. The zero-order valence-corrected chi connectivity index (χ0v) is 9.63. The maximum absolute atomic E-state index is 13.5. The summed E-state index contributed by atoms with van der Waals surface area (Å²) in [5.74, 6) is -0.540. The molecule has 2 atom stereocenters. The van der Waals surface area contributed by atoms with Gasteiger partial charge >= 0.3 is 0 Å². The summed E-state index contributed by atoms with van der Waals surface area (Å²) in [7, 11) is 1.73. The molecule has 1 rings (SSSR count). The highest BCUT2D eigenvalue weighted by Crippen LogP contribution is 2.23.